The first-order valence-electron chi connectivity index (χ1n) is 5.48. The van der Waals surface area contributed by atoms with Crippen LogP contribution in [0.1, 0.15) is 5.76 Å². The zero-order valence-corrected chi connectivity index (χ0v) is 12.6. The second-order valence-electron chi connectivity index (χ2n) is 3.91. The van der Waals surface area contributed by atoms with Gasteiger partial charge in [0.2, 0.25) is 0 Å². The van der Waals surface area contributed by atoms with E-state index in [-0.39, 0.29) is 31.2 Å². The first-order chi connectivity index (χ1) is 9.24. The van der Waals surface area contributed by atoms with Crippen molar-refractivity contribution in [1.29, 1.82) is 0 Å². The van der Waals surface area contributed by atoms with Crippen molar-refractivity contribution in [2.75, 3.05) is 19.0 Å². The van der Waals surface area contributed by atoms with Gasteiger partial charge in [0.25, 0.3) is 0 Å². The van der Waals surface area contributed by atoms with E-state index in [9.17, 15) is 14.7 Å². The Labute approximate surface area is 124 Å². The Morgan fingerprint density at radius 3 is 2.60 bits per heavy atom. The van der Waals surface area contributed by atoms with Gasteiger partial charge in [-0.3, -0.25) is 10.1 Å². The maximum absolute atomic E-state index is 11.2. The molecule has 8 nitrogen and oxygen atoms in total. The maximum atomic E-state index is 11.2. The summed E-state index contributed by atoms with van der Waals surface area (Å²) in [6.45, 7) is -0.138. The highest BCUT2D eigenvalue weighted by atomic mass is 35.5. The molecular formula is C9H13Cl2N2O6P. The van der Waals surface area contributed by atoms with Gasteiger partial charge in [-0.25, -0.2) is 9.24 Å². The van der Waals surface area contributed by atoms with Gasteiger partial charge in [0, 0.05) is 25.4 Å². The van der Waals surface area contributed by atoms with Crippen molar-refractivity contribution in [1.82, 2.24) is 4.67 Å². The Morgan fingerprint density at radius 1 is 1.50 bits per heavy atom. The predicted molar refractivity (Wildman–Crippen MR) is 73.0 cm³/mol. The summed E-state index contributed by atoms with van der Waals surface area (Å²) in [5.74, 6) is -0.0919. The molecule has 1 aromatic rings. The van der Waals surface area contributed by atoms with Gasteiger partial charge in [0.15, 0.2) is 0 Å². The number of furan rings is 1. The van der Waals surface area contributed by atoms with E-state index in [1.54, 1.807) is 0 Å². The van der Waals surface area contributed by atoms with Crippen LogP contribution in [0.5, 0.6) is 0 Å². The van der Waals surface area contributed by atoms with Gasteiger partial charge in [-0.15, -0.1) is 23.2 Å². The Morgan fingerprint density at radius 2 is 2.15 bits per heavy atom. The molecule has 0 aromatic carbocycles. The zero-order chi connectivity index (χ0) is 15.3. The quantitative estimate of drug-likeness (QED) is 0.319. The lowest BCUT2D eigenvalue weighted by atomic mass is 10.2. The van der Waals surface area contributed by atoms with E-state index in [1.165, 1.54) is 12.1 Å². The summed E-state index contributed by atoms with van der Waals surface area (Å²) in [5, 5.41) is 9.76. The molecule has 0 saturated heterocycles. The molecule has 0 radical (unpaired) electrons. The minimum atomic E-state index is -4.44. The molecule has 0 aliphatic heterocycles. The lowest BCUT2D eigenvalue weighted by Gasteiger charge is -2.23. The summed E-state index contributed by atoms with van der Waals surface area (Å²) >= 11 is 11.4. The molecule has 1 rings (SSSR count). The van der Waals surface area contributed by atoms with Gasteiger partial charge in [-0.1, -0.05) is 0 Å². The maximum Gasteiger partial charge on any atom is 0.433 e. The van der Waals surface area contributed by atoms with E-state index in [0.717, 1.165) is 4.67 Å². The van der Waals surface area contributed by atoms with Gasteiger partial charge in [0.05, 0.1) is 11.4 Å². The molecule has 20 heavy (non-hydrogen) atoms. The number of nitro groups is 1. The minimum absolute atomic E-state index is 0.0205. The largest absolute Gasteiger partial charge is 0.433 e. The average Bonchev–Trinajstić information content (AvgIpc) is 2.75. The summed E-state index contributed by atoms with van der Waals surface area (Å²) in [7, 11) is -4.44. The third kappa shape index (κ3) is 5.40. The van der Waals surface area contributed by atoms with Crippen molar-refractivity contribution in [2.24, 2.45) is 0 Å². The predicted octanol–water partition coefficient (Wildman–Crippen LogP) is 1.97. The smallest absolute Gasteiger partial charge is 0.406 e. The van der Waals surface area contributed by atoms with Crippen LogP contribution >= 0.6 is 30.9 Å². The fourth-order valence-electron chi connectivity index (χ4n) is 1.51. The molecule has 0 fully saturated rings. The average molecular weight is 347 g/mol. The highest BCUT2D eigenvalue weighted by Crippen LogP contribution is 2.40. The van der Waals surface area contributed by atoms with E-state index in [4.69, 9.17) is 37.4 Å². The molecule has 0 amide bonds. The van der Waals surface area contributed by atoms with Crippen LogP contribution in [0.2, 0.25) is 0 Å². The Bertz CT molecular complexity index is 504. The van der Waals surface area contributed by atoms with E-state index < -0.39 is 23.9 Å². The van der Waals surface area contributed by atoms with Gasteiger partial charge >= 0.3 is 13.6 Å². The molecular weight excluding hydrogens is 334 g/mol. The van der Waals surface area contributed by atoms with E-state index in [0.29, 0.717) is 0 Å². The van der Waals surface area contributed by atoms with Crippen LogP contribution in [-0.4, -0.2) is 43.7 Å². The standard InChI is InChI=1S/C9H13Cl2N2O6P/c10-3-4-12(20(16,17)18)6-7(11)5-8-1-2-9(19-8)13(14)15/h1-2,7H,3-6H2,(H2,16,17,18). The SMILES string of the molecule is O=[N+]([O-])c1ccc(CC(Cl)CN(CCCl)P(=O)(O)O)o1. The van der Waals surface area contributed by atoms with Crippen LogP contribution in [0, 0.1) is 10.1 Å². The molecule has 1 aromatic heterocycles. The Hall–Kier alpha value is -0.630. The summed E-state index contributed by atoms with van der Waals surface area (Å²) < 4.78 is 17.0. The van der Waals surface area contributed by atoms with Gasteiger partial charge in [-0.2, -0.15) is 0 Å². The molecule has 11 heteroatoms. The molecule has 0 bridgehead atoms. The highest BCUT2D eigenvalue weighted by molar-refractivity contribution is 7.49. The molecule has 0 aliphatic rings. The van der Waals surface area contributed by atoms with Crippen LogP contribution < -0.4 is 0 Å². The van der Waals surface area contributed by atoms with Crippen LogP contribution in [0.4, 0.5) is 5.88 Å². The number of hydrogen-bond donors (Lipinski definition) is 2. The molecule has 1 atom stereocenters. The lowest BCUT2D eigenvalue weighted by Crippen LogP contribution is -2.30. The first kappa shape index (κ1) is 17.4. The van der Waals surface area contributed by atoms with E-state index in [2.05, 4.69) is 0 Å². The van der Waals surface area contributed by atoms with Gasteiger partial charge < -0.3 is 14.2 Å². The third-order valence-corrected chi connectivity index (χ3v) is 3.93. The number of hydrogen-bond acceptors (Lipinski definition) is 4. The monoisotopic (exact) mass is 346 g/mol. The van der Waals surface area contributed by atoms with Crippen LogP contribution in [0.3, 0.4) is 0 Å². The summed E-state index contributed by atoms with van der Waals surface area (Å²) in [6, 6.07) is 2.59. The fraction of sp³-hybridized carbons (Fsp3) is 0.556. The van der Waals surface area contributed by atoms with Crippen LogP contribution in [0.15, 0.2) is 16.5 Å². The number of alkyl halides is 2. The van der Waals surface area contributed by atoms with Crippen LogP contribution in [-0.2, 0) is 11.0 Å². The fourth-order valence-corrected chi connectivity index (χ4v) is 3.02. The van der Waals surface area contributed by atoms with Gasteiger partial charge in [0.1, 0.15) is 10.7 Å². The lowest BCUT2D eigenvalue weighted by molar-refractivity contribution is -0.402. The van der Waals surface area contributed by atoms with Crippen LogP contribution in [0.25, 0.3) is 0 Å². The molecule has 2 N–H and O–H groups in total. The molecule has 114 valence electrons. The molecule has 0 aliphatic carbocycles. The molecule has 1 unspecified atom stereocenters. The summed E-state index contributed by atoms with van der Waals surface area (Å²) in [5.41, 5.74) is 0. The van der Waals surface area contributed by atoms with E-state index in [1.807, 2.05) is 0 Å². The Balaban J connectivity index is 2.63. The second-order valence-corrected chi connectivity index (χ2v) is 6.50. The highest BCUT2D eigenvalue weighted by Gasteiger charge is 2.27. The molecule has 0 saturated carbocycles. The van der Waals surface area contributed by atoms with Crippen molar-refractivity contribution in [3.05, 3.63) is 28.0 Å². The molecule has 0 spiro atoms. The summed E-state index contributed by atoms with van der Waals surface area (Å²) in [6.07, 6.45) is 0.105. The first-order valence-corrected chi connectivity index (χ1v) is 8.01. The van der Waals surface area contributed by atoms with Crippen molar-refractivity contribution in [3.63, 3.8) is 0 Å². The van der Waals surface area contributed by atoms with Crippen molar-refractivity contribution >= 4 is 36.8 Å². The minimum Gasteiger partial charge on any atom is -0.406 e. The van der Waals surface area contributed by atoms with Crippen molar-refractivity contribution in [3.8, 4) is 0 Å². The number of halogens is 2. The van der Waals surface area contributed by atoms with Crippen molar-refractivity contribution in [2.45, 2.75) is 11.8 Å². The second kappa shape index (κ2) is 7.40. The topological polar surface area (TPSA) is 117 Å². The number of nitrogens with zero attached hydrogens (tertiary/aromatic N) is 2. The third-order valence-electron chi connectivity index (χ3n) is 2.37. The summed E-state index contributed by atoms with van der Waals surface area (Å²) in [4.78, 5) is 28.0. The number of rotatable bonds is 8. The Kier molecular flexibility index (Phi) is 6.44. The molecule has 1 heterocycles. The zero-order valence-electron chi connectivity index (χ0n) is 10.2. The van der Waals surface area contributed by atoms with Crippen molar-refractivity contribution < 1.29 is 23.7 Å². The van der Waals surface area contributed by atoms with Gasteiger partial charge in [-0.05, 0) is 6.07 Å². The normalized spacial score (nSPS) is 13.7. The van der Waals surface area contributed by atoms with E-state index >= 15 is 0 Å².